The van der Waals surface area contributed by atoms with Crippen molar-refractivity contribution >= 4 is 49.1 Å². The molecule has 282 valence electrons. The molecule has 1 aliphatic carbocycles. The average molecular weight is 769 g/mol. The van der Waals surface area contributed by atoms with E-state index in [1.54, 1.807) is 23.8 Å². The molecule has 5 heterocycles. The van der Waals surface area contributed by atoms with Gasteiger partial charge in [0.2, 0.25) is 5.91 Å². The zero-order valence-electron chi connectivity index (χ0n) is 29.2. The Kier molecular flexibility index (Phi) is 8.43. The molecule has 0 bridgehead atoms. The van der Waals surface area contributed by atoms with E-state index >= 15 is 17.6 Å². The van der Waals surface area contributed by atoms with Crippen LogP contribution in [0.4, 0.5) is 37.2 Å². The second kappa shape index (κ2) is 12.6. The topological polar surface area (TPSA) is 135 Å². The lowest BCUT2D eigenvalue weighted by Crippen LogP contribution is -2.46. The van der Waals surface area contributed by atoms with E-state index < -0.39 is 69.2 Å². The Morgan fingerprint density at radius 3 is 2.63 bits per heavy atom. The number of benzene rings is 2. The fraction of sp³-hybridized carbons (Fsp3) is 0.486. The molecule has 2 aromatic heterocycles. The zero-order chi connectivity index (χ0) is 38.5. The number of aromatic nitrogens is 2. The van der Waals surface area contributed by atoms with Gasteiger partial charge in [-0.15, -0.1) is 11.3 Å². The van der Waals surface area contributed by atoms with Crippen LogP contribution < -0.4 is 15.4 Å². The highest BCUT2D eigenvalue weighted by Crippen LogP contribution is 2.50. The van der Waals surface area contributed by atoms with Crippen LogP contribution in [0.1, 0.15) is 56.6 Å². The Morgan fingerprint density at radius 1 is 1.19 bits per heavy atom. The SMILES string of the molecule is CC1C(N(C)c2nc(OCC34CCCN3CC(F)C4)nc3c(F)c(-c4ccc(F)c5sc(N)c(C#N)c45)c(C(F)(F)F)cc23)CCN1C(=O)C1(C#N)CC1. The lowest BCUT2D eigenvalue weighted by Gasteiger charge is -2.33. The monoisotopic (exact) mass is 768 g/mol. The first-order valence-corrected chi connectivity index (χ1v) is 18.4. The van der Waals surface area contributed by atoms with Crippen molar-refractivity contribution in [1.82, 2.24) is 19.8 Å². The van der Waals surface area contributed by atoms with E-state index in [1.807, 2.05) is 11.0 Å². The summed E-state index contributed by atoms with van der Waals surface area (Å²) in [5, 5.41) is 18.8. The van der Waals surface area contributed by atoms with Gasteiger partial charge in [-0.2, -0.15) is 33.7 Å². The minimum absolute atomic E-state index is 0.0478. The van der Waals surface area contributed by atoms with Crippen LogP contribution in [0.3, 0.4) is 0 Å². The predicted molar refractivity (Wildman–Crippen MR) is 188 cm³/mol. The molecule has 8 rings (SSSR count). The Bertz CT molecular complexity index is 2320. The second-order valence-corrected chi connectivity index (χ2v) is 15.9. The van der Waals surface area contributed by atoms with Crippen molar-refractivity contribution in [2.24, 2.45) is 5.41 Å². The number of thiophene rings is 1. The fourth-order valence-electron chi connectivity index (χ4n) is 8.83. The molecular formula is C37H34F6N8O2S. The summed E-state index contributed by atoms with van der Waals surface area (Å²) in [7, 11) is 1.58. The quantitative estimate of drug-likeness (QED) is 0.198. The van der Waals surface area contributed by atoms with Gasteiger partial charge in [-0.3, -0.25) is 9.69 Å². The van der Waals surface area contributed by atoms with Gasteiger partial charge in [0.05, 0.1) is 33.5 Å². The highest BCUT2D eigenvalue weighted by Gasteiger charge is 2.55. The molecule has 4 unspecified atom stereocenters. The molecule has 3 saturated heterocycles. The van der Waals surface area contributed by atoms with E-state index in [0.717, 1.165) is 24.6 Å². The van der Waals surface area contributed by atoms with Gasteiger partial charge >= 0.3 is 12.2 Å². The molecule has 4 fully saturated rings. The molecule has 2 aromatic carbocycles. The molecule has 2 N–H and O–H groups in total. The summed E-state index contributed by atoms with van der Waals surface area (Å²) in [5.74, 6) is -2.66. The Hall–Kier alpha value is -4.87. The van der Waals surface area contributed by atoms with Crippen LogP contribution in [-0.2, 0) is 11.0 Å². The molecule has 17 heteroatoms. The third-order valence-corrected chi connectivity index (χ3v) is 12.8. The number of carbonyl (C=O) groups excluding carboxylic acids is 1. The number of nitrogens with zero attached hydrogens (tertiary/aromatic N) is 7. The highest BCUT2D eigenvalue weighted by molar-refractivity contribution is 7.23. The van der Waals surface area contributed by atoms with Crippen molar-refractivity contribution in [2.75, 3.05) is 43.9 Å². The molecular weight excluding hydrogens is 735 g/mol. The summed E-state index contributed by atoms with van der Waals surface area (Å²) >= 11 is 0.667. The number of rotatable bonds is 7. The van der Waals surface area contributed by atoms with Gasteiger partial charge in [-0.05, 0) is 63.3 Å². The van der Waals surface area contributed by atoms with Crippen molar-refractivity contribution in [3.63, 3.8) is 0 Å². The largest absolute Gasteiger partial charge is 0.461 e. The molecule has 4 aromatic rings. The van der Waals surface area contributed by atoms with E-state index in [2.05, 4.69) is 16.0 Å². The van der Waals surface area contributed by atoms with Crippen molar-refractivity contribution in [1.29, 1.82) is 10.5 Å². The predicted octanol–water partition coefficient (Wildman–Crippen LogP) is 6.95. The zero-order valence-corrected chi connectivity index (χ0v) is 30.1. The summed E-state index contributed by atoms with van der Waals surface area (Å²) in [5.41, 5.74) is 0.655. The molecule has 4 atom stereocenters. The molecule has 0 spiro atoms. The third-order valence-electron chi connectivity index (χ3n) is 11.8. The van der Waals surface area contributed by atoms with Crippen molar-refractivity contribution in [3.05, 3.63) is 41.0 Å². The van der Waals surface area contributed by atoms with Crippen molar-refractivity contribution < 1.29 is 35.9 Å². The number of halogens is 6. The molecule has 3 aliphatic heterocycles. The first-order chi connectivity index (χ1) is 25.6. The van der Waals surface area contributed by atoms with Gasteiger partial charge in [0, 0.05) is 48.9 Å². The van der Waals surface area contributed by atoms with Gasteiger partial charge in [-0.25, -0.2) is 13.2 Å². The number of nitrogen functional groups attached to an aromatic ring is 1. The Labute approximate surface area is 309 Å². The second-order valence-electron chi connectivity index (χ2n) is 14.9. The van der Waals surface area contributed by atoms with Crippen LogP contribution in [0.2, 0.25) is 0 Å². The van der Waals surface area contributed by atoms with E-state index in [0.29, 0.717) is 43.6 Å². The molecule has 1 saturated carbocycles. The summed E-state index contributed by atoms with van der Waals surface area (Å²) < 4.78 is 98.1. The normalized spacial score (nSPS) is 24.9. The third kappa shape index (κ3) is 5.49. The number of anilines is 2. The summed E-state index contributed by atoms with van der Waals surface area (Å²) in [4.78, 5) is 27.4. The molecule has 0 radical (unpaired) electrons. The minimum Gasteiger partial charge on any atom is -0.461 e. The number of hydrogen-bond acceptors (Lipinski definition) is 10. The molecule has 1 amide bonds. The number of nitriles is 2. The summed E-state index contributed by atoms with van der Waals surface area (Å²) in [6.07, 6.45) is -3.30. The van der Waals surface area contributed by atoms with Crippen LogP contribution in [-0.4, -0.2) is 82.8 Å². The van der Waals surface area contributed by atoms with Gasteiger partial charge in [0.25, 0.3) is 0 Å². The van der Waals surface area contributed by atoms with Gasteiger partial charge in [-0.1, -0.05) is 6.07 Å². The van der Waals surface area contributed by atoms with Crippen LogP contribution in [0.15, 0.2) is 18.2 Å². The van der Waals surface area contributed by atoms with E-state index in [1.165, 1.54) is 0 Å². The number of carbonyl (C=O) groups is 1. The number of likely N-dealkylation sites (N-methyl/N-ethyl adjacent to an activating group) is 1. The fourth-order valence-corrected chi connectivity index (χ4v) is 9.78. The maximum Gasteiger partial charge on any atom is 0.417 e. The van der Waals surface area contributed by atoms with Crippen LogP contribution >= 0.6 is 11.3 Å². The lowest BCUT2D eigenvalue weighted by molar-refractivity contribution is -0.137. The van der Waals surface area contributed by atoms with Crippen molar-refractivity contribution in [2.45, 2.75) is 75.4 Å². The van der Waals surface area contributed by atoms with E-state index in [9.17, 15) is 24.1 Å². The van der Waals surface area contributed by atoms with Crippen LogP contribution in [0, 0.1) is 39.7 Å². The maximum atomic E-state index is 17.2. The smallest absolute Gasteiger partial charge is 0.417 e. The van der Waals surface area contributed by atoms with Gasteiger partial charge in [0.1, 0.15) is 46.4 Å². The standard InChI is InChI=1S/C37H34F6N8O2S/c1-18-25(6-11-51(18)33(52)35(16-45)8-9-35)49(2)32-21-12-23(37(41,42)43)27(20-4-5-24(39)30-26(20)22(14-44)31(46)54-30)28(40)29(21)47-34(48-32)53-17-36-7-3-10-50(36)15-19(38)13-36/h4-5,12,18-19,25H,3,6-11,13,15,17,46H2,1-2H3. The van der Waals surface area contributed by atoms with Crippen LogP contribution in [0.5, 0.6) is 6.01 Å². The summed E-state index contributed by atoms with van der Waals surface area (Å²) in [6, 6.07) is 5.19. The molecule has 54 heavy (non-hydrogen) atoms. The minimum atomic E-state index is -5.15. The van der Waals surface area contributed by atoms with Crippen LogP contribution in [0.25, 0.3) is 32.1 Å². The Balaban J connectivity index is 1.30. The van der Waals surface area contributed by atoms with Gasteiger partial charge in [0.15, 0.2) is 5.82 Å². The number of fused-ring (bicyclic) bond motifs is 3. The average Bonchev–Trinajstić information content (AvgIpc) is 3.31. The number of alkyl halides is 4. The van der Waals surface area contributed by atoms with Crippen molar-refractivity contribution in [3.8, 4) is 29.3 Å². The highest BCUT2D eigenvalue weighted by atomic mass is 32.1. The number of likely N-dealkylation sites (tertiary alicyclic amines) is 1. The molecule has 4 aliphatic rings. The summed E-state index contributed by atoms with van der Waals surface area (Å²) in [6.45, 7) is 2.92. The Morgan fingerprint density at radius 2 is 1.94 bits per heavy atom. The first-order valence-electron chi connectivity index (χ1n) is 17.6. The number of hydrogen-bond donors (Lipinski definition) is 1. The number of amides is 1. The maximum absolute atomic E-state index is 17.2. The number of ether oxygens (including phenoxy) is 1. The van der Waals surface area contributed by atoms with Gasteiger partial charge < -0.3 is 20.3 Å². The lowest BCUT2D eigenvalue weighted by atomic mass is 9.92. The first kappa shape index (κ1) is 36.1. The van der Waals surface area contributed by atoms with E-state index in [4.69, 9.17) is 10.5 Å². The van der Waals surface area contributed by atoms with E-state index in [-0.39, 0.29) is 69.9 Å². The molecule has 10 nitrogen and oxygen atoms in total. The number of nitrogens with two attached hydrogens (primary N) is 1.